The SMILES string of the molecule is CC/C=C\C/C=C\C/C=C\C/C=C\CCC(=O)NC(COP(=O)(O)OCC[N+](C)(C)C)C(O)CCCCCCCCCCCCCCCCCCCC. The predicted octanol–water partition coefficient (Wildman–Crippen LogP) is 11.7. The molecule has 0 aromatic heterocycles. The fourth-order valence-electron chi connectivity index (χ4n) is 5.94. The quantitative estimate of drug-likeness (QED) is 0.0250. The average Bonchev–Trinajstić information content (AvgIpc) is 3.10. The largest absolute Gasteiger partial charge is 0.472 e. The van der Waals surface area contributed by atoms with Crippen LogP contribution >= 0.6 is 7.82 Å². The zero-order chi connectivity index (χ0) is 39.3. The number of carbonyl (C=O) groups is 1. The molecule has 0 aromatic carbocycles. The van der Waals surface area contributed by atoms with Crippen molar-refractivity contribution in [3.63, 3.8) is 0 Å². The van der Waals surface area contributed by atoms with Crippen molar-refractivity contribution in [2.45, 2.75) is 187 Å². The minimum Gasteiger partial charge on any atom is -0.391 e. The van der Waals surface area contributed by atoms with Gasteiger partial charge in [0, 0.05) is 6.42 Å². The number of nitrogens with zero attached hydrogens (tertiary/aromatic N) is 1. The number of rotatable bonds is 38. The number of phosphoric ester groups is 1. The molecule has 3 unspecified atom stereocenters. The van der Waals surface area contributed by atoms with Crippen LogP contribution in [0.4, 0.5) is 0 Å². The summed E-state index contributed by atoms with van der Waals surface area (Å²) in [5, 5.41) is 13.9. The first-order valence-electron chi connectivity index (χ1n) is 21.5. The van der Waals surface area contributed by atoms with E-state index in [1.54, 1.807) is 0 Å². The predicted molar refractivity (Wildman–Crippen MR) is 226 cm³/mol. The first-order chi connectivity index (χ1) is 25.5. The lowest BCUT2D eigenvalue weighted by Gasteiger charge is -2.26. The van der Waals surface area contributed by atoms with Gasteiger partial charge in [-0.2, -0.15) is 0 Å². The number of unbranched alkanes of at least 4 members (excludes halogenated alkanes) is 17. The zero-order valence-electron chi connectivity index (χ0n) is 35.0. The van der Waals surface area contributed by atoms with Crippen molar-refractivity contribution in [1.29, 1.82) is 0 Å². The second kappa shape index (κ2) is 36.1. The lowest BCUT2D eigenvalue weighted by molar-refractivity contribution is -0.870. The summed E-state index contributed by atoms with van der Waals surface area (Å²) in [5.41, 5.74) is 0. The van der Waals surface area contributed by atoms with E-state index in [-0.39, 0.29) is 25.5 Å². The lowest BCUT2D eigenvalue weighted by Crippen LogP contribution is -2.46. The summed E-state index contributed by atoms with van der Waals surface area (Å²) < 4.78 is 23.5. The molecule has 8 nitrogen and oxygen atoms in total. The van der Waals surface area contributed by atoms with Crippen molar-refractivity contribution in [1.82, 2.24) is 5.32 Å². The molecule has 53 heavy (non-hydrogen) atoms. The van der Waals surface area contributed by atoms with Gasteiger partial charge in [0.25, 0.3) is 0 Å². The standard InChI is InChI=1S/C44H83N2O6P/c1-6-8-10-12-14-16-18-20-21-22-23-24-26-27-29-31-33-35-37-43(47)42(41-52-53(49,50)51-40-39-46(3,4)5)45-44(48)38-36-34-32-30-28-25-19-17-15-13-11-9-7-2/h9,11,15,17,25,28,32,34,42-43,47H,6-8,10,12-14,16,18-24,26-27,29-31,33,35-41H2,1-5H3,(H-,45,48,49,50)/p+1/b11-9-,17-15-,28-25-,34-32-. The molecule has 0 radical (unpaired) electrons. The Morgan fingerprint density at radius 3 is 1.55 bits per heavy atom. The first-order valence-corrected chi connectivity index (χ1v) is 23.0. The Labute approximate surface area is 327 Å². The van der Waals surface area contributed by atoms with Gasteiger partial charge in [0.05, 0.1) is 39.9 Å². The van der Waals surface area contributed by atoms with Gasteiger partial charge in [-0.1, -0.05) is 178 Å². The average molecular weight is 768 g/mol. The molecule has 0 bridgehead atoms. The van der Waals surface area contributed by atoms with Crippen LogP contribution in [0.2, 0.25) is 0 Å². The van der Waals surface area contributed by atoms with E-state index in [1.807, 2.05) is 33.3 Å². The van der Waals surface area contributed by atoms with Gasteiger partial charge in [0.1, 0.15) is 13.2 Å². The Balaban J connectivity index is 4.45. The zero-order valence-corrected chi connectivity index (χ0v) is 35.9. The van der Waals surface area contributed by atoms with Gasteiger partial charge < -0.3 is 19.8 Å². The van der Waals surface area contributed by atoms with Crippen LogP contribution in [0.15, 0.2) is 48.6 Å². The summed E-state index contributed by atoms with van der Waals surface area (Å²) in [5.74, 6) is -0.225. The van der Waals surface area contributed by atoms with Crippen LogP contribution in [-0.4, -0.2) is 73.4 Å². The lowest BCUT2D eigenvalue weighted by atomic mass is 10.0. The molecular weight excluding hydrogens is 683 g/mol. The highest BCUT2D eigenvalue weighted by Crippen LogP contribution is 2.43. The van der Waals surface area contributed by atoms with Gasteiger partial charge in [-0.05, 0) is 38.5 Å². The van der Waals surface area contributed by atoms with Crippen LogP contribution in [0, 0.1) is 0 Å². The van der Waals surface area contributed by atoms with Crippen molar-refractivity contribution in [2.75, 3.05) is 40.9 Å². The van der Waals surface area contributed by atoms with E-state index in [4.69, 9.17) is 9.05 Å². The number of carbonyl (C=O) groups excluding carboxylic acids is 1. The molecule has 0 aliphatic carbocycles. The maximum absolute atomic E-state index is 12.8. The minimum atomic E-state index is -4.33. The summed E-state index contributed by atoms with van der Waals surface area (Å²) in [7, 11) is 1.57. The molecule has 0 fully saturated rings. The third-order valence-corrected chi connectivity index (χ3v) is 10.3. The van der Waals surface area contributed by atoms with E-state index >= 15 is 0 Å². The highest BCUT2D eigenvalue weighted by Gasteiger charge is 2.28. The van der Waals surface area contributed by atoms with Crippen molar-refractivity contribution in [3.05, 3.63) is 48.6 Å². The number of aliphatic hydroxyl groups excluding tert-OH is 1. The number of phosphoric acid groups is 1. The first kappa shape index (κ1) is 51.5. The number of hydrogen-bond donors (Lipinski definition) is 3. The summed E-state index contributed by atoms with van der Waals surface area (Å²) in [6.45, 7) is 4.70. The molecule has 0 heterocycles. The molecule has 0 aliphatic heterocycles. The molecule has 0 spiro atoms. The Morgan fingerprint density at radius 1 is 0.660 bits per heavy atom. The van der Waals surface area contributed by atoms with Crippen LogP contribution < -0.4 is 5.32 Å². The Kier molecular flexibility index (Phi) is 35.1. The highest BCUT2D eigenvalue weighted by molar-refractivity contribution is 7.47. The number of nitrogens with one attached hydrogen (secondary N) is 1. The molecule has 0 saturated heterocycles. The van der Waals surface area contributed by atoms with Crippen LogP contribution in [-0.2, 0) is 18.4 Å². The monoisotopic (exact) mass is 768 g/mol. The summed E-state index contributed by atoms with van der Waals surface area (Å²) in [4.78, 5) is 23.0. The second-order valence-corrected chi connectivity index (χ2v) is 17.1. The molecule has 0 aliphatic rings. The highest BCUT2D eigenvalue weighted by atomic mass is 31.2. The Hall–Kier alpha value is -1.54. The molecule has 0 aromatic rings. The fraction of sp³-hybridized carbons (Fsp3) is 0.795. The van der Waals surface area contributed by atoms with Gasteiger partial charge in [-0.15, -0.1) is 0 Å². The summed E-state index contributed by atoms with van der Waals surface area (Å²) in [6.07, 6.45) is 44.4. The molecule has 9 heteroatoms. The second-order valence-electron chi connectivity index (χ2n) is 15.7. The molecule has 310 valence electrons. The van der Waals surface area contributed by atoms with E-state index in [2.05, 4.69) is 55.6 Å². The van der Waals surface area contributed by atoms with Gasteiger partial charge in [-0.25, -0.2) is 4.57 Å². The third-order valence-electron chi connectivity index (χ3n) is 9.35. The van der Waals surface area contributed by atoms with Gasteiger partial charge >= 0.3 is 7.82 Å². The minimum absolute atomic E-state index is 0.0605. The van der Waals surface area contributed by atoms with E-state index in [9.17, 15) is 19.4 Å². The van der Waals surface area contributed by atoms with Gasteiger partial charge in [-0.3, -0.25) is 13.8 Å². The molecule has 3 atom stereocenters. The van der Waals surface area contributed by atoms with Crippen molar-refractivity contribution in [2.24, 2.45) is 0 Å². The van der Waals surface area contributed by atoms with Gasteiger partial charge in [0.15, 0.2) is 0 Å². The van der Waals surface area contributed by atoms with Crippen molar-refractivity contribution >= 4 is 13.7 Å². The topological polar surface area (TPSA) is 105 Å². The fourth-order valence-corrected chi connectivity index (χ4v) is 6.67. The molecular formula is C44H84N2O6P+. The molecule has 3 N–H and O–H groups in total. The van der Waals surface area contributed by atoms with Crippen LogP contribution in [0.3, 0.4) is 0 Å². The maximum atomic E-state index is 12.8. The van der Waals surface area contributed by atoms with Crippen LogP contribution in [0.5, 0.6) is 0 Å². The molecule has 0 saturated carbocycles. The van der Waals surface area contributed by atoms with Crippen LogP contribution in [0.25, 0.3) is 0 Å². The number of allylic oxidation sites excluding steroid dienone is 8. The number of amides is 1. The number of hydrogen-bond acceptors (Lipinski definition) is 5. The van der Waals surface area contributed by atoms with Crippen LogP contribution in [0.1, 0.15) is 174 Å². The maximum Gasteiger partial charge on any atom is 0.472 e. The molecule has 0 rings (SSSR count). The van der Waals surface area contributed by atoms with Crippen molar-refractivity contribution < 1.29 is 32.9 Å². The Bertz CT molecular complexity index is 1010. The third kappa shape index (κ3) is 38.5. The van der Waals surface area contributed by atoms with Gasteiger partial charge in [0.2, 0.25) is 5.91 Å². The van der Waals surface area contributed by atoms with E-state index in [0.717, 1.165) is 44.9 Å². The smallest absolute Gasteiger partial charge is 0.391 e. The number of likely N-dealkylation sites (N-methyl/N-ethyl adjacent to an activating group) is 1. The Morgan fingerprint density at radius 2 is 1.09 bits per heavy atom. The van der Waals surface area contributed by atoms with E-state index < -0.39 is 20.0 Å². The summed E-state index contributed by atoms with van der Waals surface area (Å²) >= 11 is 0. The number of quaternary nitrogens is 1. The number of aliphatic hydroxyl groups is 1. The van der Waals surface area contributed by atoms with E-state index in [1.165, 1.54) is 96.3 Å². The van der Waals surface area contributed by atoms with E-state index in [0.29, 0.717) is 23.9 Å². The summed E-state index contributed by atoms with van der Waals surface area (Å²) in [6, 6.07) is -0.798. The molecule has 1 amide bonds. The normalized spacial score (nSPS) is 14.9. The van der Waals surface area contributed by atoms with Crippen molar-refractivity contribution in [3.8, 4) is 0 Å².